The number of hydrogen-bond donors (Lipinski definition) is 3. The number of benzene rings is 3. The Bertz CT molecular complexity index is 1250. The number of fused-ring (bicyclic) bond motifs is 1. The average molecular weight is 470 g/mol. The van der Waals surface area contributed by atoms with Crippen LogP contribution in [-0.4, -0.2) is 29.4 Å². The molecule has 1 aromatic heterocycles. The van der Waals surface area contributed by atoms with E-state index in [2.05, 4.69) is 15.6 Å². The zero-order chi connectivity index (χ0) is 24.5. The molecule has 0 aliphatic rings. The lowest BCUT2D eigenvalue weighted by molar-refractivity contribution is -0.128. The molecule has 0 saturated heterocycles. The van der Waals surface area contributed by atoms with Crippen LogP contribution >= 0.6 is 0 Å². The number of ether oxygens (including phenoxy) is 1. The molecule has 0 unspecified atom stereocenters. The summed E-state index contributed by atoms with van der Waals surface area (Å²) in [5.41, 5.74) is 4.35. The lowest BCUT2D eigenvalue weighted by Crippen LogP contribution is -2.45. The van der Waals surface area contributed by atoms with Gasteiger partial charge < -0.3 is 20.4 Å². The topological polar surface area (TPSA) is 83.2 Å². The highest BCUT2D eigenvalue weighted by molar-refractivity contribution is 5.87. The molecule has 4 rings (SSSR count). The second-order valence-corrected chi connectivity index (χ2v) is 8.61. The second-order valence-electron chi connectivity index (χ2n) is 8.61. The number of hydrogen-bond acceptors (Lipinski definition) is 3. The molecule has 0 spiro atoms. The van der Waals surface area contributed by atoms with Crippen LogP contribution in [0, 0.1) is 0 Å². The zero-order valence-electron chi connectivity index (χ0n) is 19.9. The van der Waals surface area contributed by atoms with Gasteiger partial charge in [-0.1, -0.05) is 60.7 Å². The molecule has 4 aromatic rings. The van der Waals surface area contributed by atoms with Gasteiger partial charge in [0.25, 0.3) is 0 Å². The Balaban J connectivity index is 1.24. The smallest absolute Gasteiger partial charge is 0.242 e. The highest BCUT2D eigenvalue weighted by Gasteiger charge is 2.15. The maximum absolute atomic E-state index is 12.5. The van der Waals surface area contributed by atoms with Crippen molar-refractivity contribution in [1.29, 1.82) is 0 Å². The Morgan fingerprint density at radius 3 is 2.37 bits per heavy atom. The van der Waals surface area contributed by atoms with Gasteiger partial charge in [0.2, 0.25) is 11.8 Å². The average Bonchev–Trinajstić information content (AvgIpc) is 3.29. The molecule has 0 aliphatic carbocycles. The van der Waals surface area contributed by atoms with E-state index in [0.29, 0.717) is 32.4 Å². The SMILES string of the molecule is C[C@H](NC(=O)CCc1ccccc1)C(=O)NCCc1c[nH]c2ccc(OCc3ccccc3)cc12. The molecule has 0 fully saturated rings. The number of aromatic amines is 1. The van der Waals surface area contributed by atoms with E-state index in [1.807, 2.05) is 85.1 Å². The summed E-state index contributed by atoms with van der Waals surface area (Å²) in [7, 11) is 0. The molecular weight excluding hydrogens is 438 g/mol. The van der Waals surface area contributed by atoms with E-state index in [4.69, 9.17) is 4.74 Å². The largest absolute Gasteiger partial charge is 0.489 e. The van der Waals surface area contributed by atoms with Gasteiger partial charge >= 0.3 is 0 Å². The molecule has 0 bridgehead atoms. The highest BCUT2D eigenvalue weighted by atomic mass is 16.5. The van der Waals surface area contributed by atoms with Gasteiger partial charge in [0.1, 0.15) is 18.4 Å². The Morgan fingerprint density at radius 2 is 1.63 bits per heavy atom. The van der Waals surface area contributed by atoms with Gasteiger partial charge in [0.05, 0.1) is 0 Å². The van der Waals surface area contributed by atoms with E-state index >= 15 is 0 Å². The number of amides is 2. The van der Waals surface area contributed by atoms with Crippen molar-refractivity contribution in [2.75, 3.05) is 6.54 Å². The van der Waals surface area contributed by atoms with Gasteiger partial charge in [-0.25, -0.2) is 0 Å². The van der Waals surface area contributed by atoms with Crippen LogP contribution < -0.4 is 15.4 Å². The van der Waals surface area contributed by atoms with Crippen molar-refractivity contribution >= 4 is 22.7 Å². The normalized spacial score (nSPS) is 11.7. The monoisotopic (exact) mass is 469 g/mol. The van der Waals surface area contributed by atoms with Crippen molar-refractivity contribution < 1.29 is 14.3 Å². The maximum Gasteiger partial charge on any atom is 0.242 e. The third-order valence-corrected chi connectivity index (χ3v) is 5.94. The van der Waals surface area contributed by atoms with Crippen molar-refractivity contribution in [3.05, 3.63) is 102 Å². The summed E-state index contributed by atoms with van der Waals surface area (Å²) in [5, 5.41) is 6.79. The predicted octanol–water partition coefficient (Wildman–Crippen LogP) is 4.54. The summed E-state index contributed by atoms with van der Waals surface area (Å²) in [5.74, 6) is 0.485. The van der Waals surface area contributed by atoms with Crippen molar-refractivity contribution in [3.8, 4) is 5.75 Å². The molecule has 3 aromatic carbocycles. The second kappa shape index (κ2) is 11.9. The van der Waals surface area contributed by atoms with Crippen LogP contribution in [0.3, 0.4) is 0 Å². The molecule has 6 heteroatoms. The van der Waals surface area contributed by atoms with E-state index in [1.165, 1.54) is 0 Å². The minimum Gasteiger partial charge on any atom is -0.489 e. The number of aromatic nitrogens is 1. The number of H-pyrrole nitrogens is 1. The van der Waals surface area contributed by atoms with Gasteiger partial charge in [0, 0.05) is 30.1 Å². The van der Waals surface area contributed by atoms with Gasteiger partial charge in [-0.15, -0.1) is 0 Å². The molecule has 1 atom stereocenters. The summed E-state index contributed by atoms with van der Waals surface area (Å²) < 4.78 is 5.96. The zero-order valence-corrected chi connectivity index (χ0v) is 19.9. The fourth-order valence-electron chi connectivity index (χ4n) is 3.95. The van der Waals surface area contributed by atoms with Crippen LogP contribution in [0.1, 0.15) is 30.0 Å². The first-order valence-corrected chi connectivity index (χ1v) is 12.0. The molecular formula is C29H31N3O3. The molecule has 180 valence electrons. The van der Waals surface area contributed by atoms with Crippen molar-refractivity contribution in [1.82, 2.24) is 15.6 Å². The van der Waals surface area contributed by atoms with Crippen molar-refractivity contribution in [3.63, 3.8) is 0 Å². The summed E-state index contributed by atoms with van der Waals surface area (Å²) in [6.45, 7) is 2.69. The molecule has 3 N–H and O–H groups in total. The van der Waals surface area contributed by atoms with E-state index < -0.39 is 6.04 Å². The van der Waals surface area contributed by atoms with Crippen LogP contribution in [-0.2, 0) is 29.0 Å². The molecule has 35 heavy (non-hydrogen) atoms. The summed E-state index contributed by atoms with van der Waals surface area (Å²) >= 11 is 0. The standard InChI is InChI=1S/C29H31N3O3/c1-21(32-28(33)15-12-22-8-4-2-5-9-22)29(34)30-17-16-24-19-31-27-14-13-25(18-26(24)27)35-20-23-10-6-3-7-11-23/h2-11,13-14,18-19,21,31H,12,15-17,20H2,1H3,(H,30,34)(H,32,33)/t21-/m0/s1. The first-order chi connectivity index (χ1) is 17.1. The minimum atomic E-state index is -0.584. The number of carbonyl (C=O) groups is 2. The van der Waals surface area contributed by atoms with Crippen LogP contribution in [0.15, 0.2) is 85.1 Å². The number of rotatable bonds is 11. The minimum absolute atomic E-state index is 0.129. The number of nitrogens with one attached hydrogen (secondary N) is 3. The molecule has 0 aliphatic heterocycles. The van der Waals surface area contributed by atoms with Crippen molar-refractivity contribution in [2.45, 2.75) is 38.8 Å². The summed E-state index contributed by atoms with van der Waals surface area (Å²) in [6, 6.07) is 25.3. The fourth-order valence-corrected chi connectivity index (χ4v) is 3.95. The first-order valence-electron chi connectivity index (χ1n) is 12.0. The third-order valence-electron chi connectivity index (χ3n) is 5.94. The van der Waals surface area contributed by atoms with Crippen LogP contribution in [0.2, 0.25) is 0 Å². The Labute approximate surface area is 205 Å². The quantitative estimate of drug-likeness (QED) is 0.302. The Morgan fingerprint density at radius 1 is 0.914 bits per heavy atom. The lowest BCUT2D eigenvalue weighted by Gasteiger charge is -2.14. The maximum atomic E-state index is 12.5. The van der Waals surface area contributed by atoms with Gasteiger partial charge in [0.15, 0.2) is 0 Å². The van der Waals surface area contributed by atoms with E-state index in [0.717, 1.165) is 33.3 Å². The van der Waals surface area contributed by atoms with Gasteiger partial charge in [-0.2, -0.15) is 0 Å². The Kier molecular flexibility index (Phi) is 8.17. The van der Waals surface area contributed by atoms with Crippen LogP contribution in [0.5, 0.6) is 5.75 Å². The van der Waals surface area contributed by atoms with E-state index in [-0.39, 0.29) is 11.8 Å². The third kappa shape index (κ3) is 6.96. The molecule has 6 nitrogen and oxygen atoms in total. The van der Waals surface area contributed by atoms with Crippen molar-refractivity contribution in [2.24, 2.45) is 0 Å². The fraction of sp³-hybridized carbons (Fsp3) is 0.241. The van der Waals surface area contributed by atoms with E-state index in [9.17, 15) is 9.59 Å². The van der Waals surface area contributed by atoms with Crippen LogP contribution in [0.4, 0.5) is 0 Å². The molecule has 0 radical (unpaired) electrons. The summed E-state index contributed by atoms with van der Waals surface area (Å²) in [6.07, 6.45) is 3.64. The predicted molar refractivity (Wildman–Crippen MR) is 138 cm³/mol. The first kappa shape index (κ1) is 24.1. The molecule has 1 heterocycles. The molecule has 0 saturated carbocycles. The Hall–Kier alpha value is -4.06. The number of carbonyl (C=O) groups excluding carboxylic acids is 2. The van der Waals surface area contributed by atoms with Gasteiger partial charge in [-0.05, 0) is 54.7 Å². The summed E-state index contributed by atoms with van der Waals surface area (Å²) in [4.78, 5) is 28.0. The van der Waals surface area contributed by atoms with Crippen LogP contribution in [0.25, 0.3) is 10.9 Å². The lowest BCUT2D eigenvalue weighted by atomic mass is 10.1. The van der Waals surface area contributed by atoms with E-state index in [1.54, 1.807) is 6.92 Å². The van der Waals surface area contributed by atoms with Gasteiger partial charge in [-0.3, -0.25) is 9.59 Å². The molecule has 2 amide bonds. The highest BCUT2D eigenvalue weighted by Crippen LogP contribution is 2.24. The number of aryl methyl sites for hydroxylation is 1.